The first-order valence-electron chi connectivity index (χ1n) is 6.56. The molecule has 19 heavy (non-hydrogen) atoms. The Morgan fingerprint density at radius 3 is 2.68 bits per heavy atom. The highest BCUT2D eigenvalue weighted by Crippen LogP contribution is 2.38. The Morgan fingerprint density at radius 1 is 1.47 bits per heavy atom. The molecular formula is C13H19N3O3. The first kappa shape index (κ1) is 13.6. The third-order valence-corrected chi connectivity index (χ3v) is 3.31. The number of hydrogen-bond acceptors (Lipinski definition) is 5. The number of benzene rings is 1. The molecule has 1 saturated heterocycles. The highest BCUT2D eigenvalue weighted by Gasteiger charge is 2.30. The van der Waals surface area contributed by atoms with Gasteiger partial charge in [-0.1, -0.05) is 6.07 Å². The van der Waals surface area contributed by atoms with Crippen molar-refractivity contribution >= 4 is 11.4 Å². The Bertz CT molecular complexity index is 460. The molecule has 1 N–H and O–H groups in total. The fraction of sp³-hybridized carbons (Fsp3) is 0.538. The smallest absolute Gasteiger partial charge is 0.333 e. The highest BCUT2D eigenvalue weighted by molar-refractivity contribution is 5.70. The van der Waals surface area contributed by atoms with Crippen LogP contribution in [-0.2, 0) is 0 Å². The van der Waals surface area contributed by atoms with Crippen molar-refractivity contribution in [3.63, 3.8) is 0 Å². The standard InChI is InChI=1S/C13H19N3O3/c1-3-15(10-8-14-9-10)11-6-5-7-12(19-4-2)13(11)16(17)18/h5-7,10,14H,3-4,8-9H2,1-2H3. The second kappa shape index (κ2) is 5.88. The van der Waals surface area contributed by atoms with Crippen molar-refractivity contribution in [2.75, 3.05) is 31.1 Å². The Morgan fingerprint density at radius 2 is 2.21 bits per heavy atom. The van der Waals surface area contributed by atoms with E-state index in [1.165, 1.54) is 0 Å². The number of nitro benzene ring substituents is 1. The summed E-state index contributed by atoms with van der Waals surface area (Å²) >= 11 is 0. The van der Waals surface area contributed by atoms with E-state index in [1.54, 1.807) is 12.1 Å². The molecule has 0 aromatic heterocycles. The average Bonchev–Trinajstić information content (AvgIpc) is 2.33. The molecule has 1 aliphatic heterocycles. The number of rotatable bonds is 6. The molecular weight excluding hydrogens is 246 g/mol. The van der Waals surface area contributed by atoms with Gasteiger partial charge in [-0.25, -0.2) is 0 Å². The van der Waals surface area contributed by atoms with Crippen molar-refractivity contribution in [2.24, 2.45) is 0 Å². The molecule has 0 unspecified atom stereocenters. The molecule has 0 atom stereocenters. The molecule has 0 amide bonds. The zero-order chi connectivity index (χ0) is 13.8. The molecule has 1 aromatic carbocycles. The van der Waals surface area contributed by atoms with E-state index in [0.717, 1.165) is 19.6 Å². The second-order valence-electron chi connectivity index (χ2n) is 4.41. The van der Waals surface area contributed by atoms with E-state index in [-0.39, 0.29) is 10.6 Å². The third kappa shape index (κ3) is 2.63. The van der Waals surface area contributed by atoms with Crippen molar-refractivity contribution in [2.45, 2.75) is 19.9 Å². The number of likely N-dealkylation sites (N-methyl/N-ethyl adjacent to an activating group) is 1. The lowest BCUT2D eigenvalue weighted by Gasteiger charge is -2.38. The summed E-state index contributed by atoms with van der Waals surface area (Å²) in [7, 11) is 0. The first-order chi connectivity index (χ1) is 9.19. The Hall–Kier alpha value is -1.82. The van der Waals surface area contributed by atoms with E-state index in [2.05, 4.69) is 10.2 Å². The molecule has 0 spiro atoms. The number of nitro groups is 1. The molecule has 6 heteroatoms. The molecule has 1 fully saturated rings. The fourth-order valence-electron chi connectivity index (χ4n) is 2.32. The summed E-state index contributed by atoms with van der Waals surface area (Å²) < 4.78 is 5.38. The van der Waals surface area contributed by atoms with Crippen LogP contribution in [0.15, 0.2) is 18.2 Å². The van der Waals surface area contributed by atoms with Gasteiger partial charge in [0.1, 0.15) is 5.69 Å². The second-order valence-corrected chi connectivity index (χ2v) is 4.41. The summed E-state index contributed by atoms with van der Waals surface area (Å²) in [4.78, 5) is 13.1. The minimum Gasteiger partial charge on any atom is -0.487 e. The minimum atomic E-state index is -0.352. The van der Waals surface area contributed by atoms with Gasteiger partial charge in [0.2, 0.25) is 0 Å². The van der Waals surface area contributed by atoms with Crippen LogP contribution < -0.4 is 15.0 Å². The van der Waals surface area contributed by atoms with Gasteiger partial charge in [0, 0.05) is 19.6 Å². The molecule has 0 bridgehead atoms. The largest absolute Gasteiger partial charge is 0.487 e. The predicted molar refractivity (Wildman–Crippen MR) is 73.9 cm³/mol. The van der Waals surface area contributed by atoms with Gasteiger partial charge in [-0.2, -0.15) is 0 Å². The zero-order valence-corrected chi connectivity index (χ0v) is 11.3. The molecule has 1 heterocycles. The Balaban J connectivity index is 2.42. The average molecular weight is 265 g/mol. The van der Waals surface area contributed by atoms with E-state index in [9.17, 15) is 10.1 Å². The third-order valence-electron chi connectivity index (χ3n) is 3.31. The number of ether oxygens (including phenoxy) is 1. The Kier molecular flexibility index (Phi) is 4.21. The molecule has 1 aromatic rings. The molecule has 0 radical (unpaired) electrons. The lowest BCUT2D eigenvalue weighted by atomic mass is 10.1. The van der Waals surface area contributed by atoms with Crippen LogP contribution in [0.5, 0.6) is 5.75 Å². The van der Waals surface area contributed by atoms with Crippen LogP contribution in [0.4, 0.5) is 11.4 Å². The van der Waals surface area contributed by atoms with Gasteiger partial charge in [-0.15, -0.1) is 0 Å². The van der Waals surface area contributed by atoms with Gasteiger partial charge in [0.15, 0.2) is 5.75 Å². The number of para-hydroxylation sites is 1. The van der Waals surface area contributed by atoms with Crippen LogP contribution in [0.25, 0.3) is 0 Å². The van der Waals surface area contributed by atoms with Crippen molar-refractivity contribution in [3.05, 3.63) is 28.3 Å². The quantitative estimate of drug-likeness (QED) is 0.627. The van der Waals surface area contributed by atoms with Gasteiger partial charge < -0.3 is 15.0 Å². The number of hydrogen-bond donors (Lipinski definition) is 1. The SMILES string of the molecule is CCOc1cccc(N(CC)C2CNC2)c1[N+](=O)[O-]. The van der Waals surface area contributed by atoms with Crippen molar-refractivity contribution < 1.29 is 9.66 Å². The maximum Gasteiger partial charge on any atom is 0.333 e. The summed E-state index contributed by atoms with van der Waals surface area (Å²) in [6.45, 7) is 6.72. The number of nitrogens with one attached hydrogen (secondary N) is 1. The summed E-state index contributed by atoms with van der Waals surface area (Å²) in [5.74, 6) is 0.343. The van der Waals surface area contributed by atoms with Gasteiger partial charge in [-0.3, -0.25) is 10.1 Å². The van der Waals surface area contributed by atoms with Crippen LogP contribution in [-0.4, -0.2) is 37.2 Å². The van der Waals surface area contributed by atoms with E-state index in [4.69, 9.17) is 4.74 Å². The zero-order valence-electron chi connectivity index (χ0n) is 11.3. The molecule has 2 rings (SSSR count). The molecule has 1 aliphatic rings. The fourth-order valence-corrected chi connectivity index (χ4v) is 2.32. The predicted octanol–water partition coefficient (Wildman–Crippen LogP) is 1.79. The maximum atomic E-state index is 11.3. The van der Waals surface area contributed by atoms with E-state index in [1.807, 2.05) is 19.9 Å². The van der Waals surface area contributed by atoms with E-state index in [0.29, 0.717) is 24.1 Å². The van der Waals surface area contributed by atoms with Crippen LogP contribution in [0.1, 0.15) is 13.8 Å². The van der Waals surface area contributed by atoms with E-state index < -0.39 is 0 Å². The summed E-state index contributed by atoms with van der Waals surface area (Å²) in [6, 6.07) is 5.57. The van der Waals surface area contributed by atoms with Gasteiger partial charge in [-0.05, 0) is 26.0 Å². The molecule has 104 valence electrons. The summed E-state index contributed by atoms with van der Waals surface area (Å²) in [5, 5.41) is 14.5. The van der Waals surface area contributed by atoms with Crippen LogP contribution in [0, 0.1) is 10.1 Å². The van der Waals surface area contributed by atoms with Crippen molar-refractivity contribution in [1.82, 2.24) is 5.32 Å². The topological polar surface area (TPSA) is 67.6 Å². The minimum absolute atomic E-state index is 0.0677. The highest BCUT2D eigenvalue weighted by atomic mass is 16.6. The Labute approximate surface area is 112 Å². The van der Waals surface area contributed by atoms with Gasteiger partial charge in [0.05, 0.1) is 17.6 Å². The monoisotopic (exact) mass is 265 g/mol. The van der Waals surface area contributed by atoms with E-state index >= 15 is 0 Å². The number of nitrogens with zero attached hydrogens (tertiary/aromatic N) is 2. The summed E-state index contributed by atoms with van der Waals surface area (Å²) in [6.07, 6.45) is 0. The van der Waals surface area contributed by atoms with Gasteiger partial charge in [0.25, 0.3) is 0 Å². The first-order valence-corrected chi connectivity index (χ1v) is 6.56. The number of anilines is 1. The molecule has 6 nitrogen and oxygen atoms in total. The molecule has 0 aliphatic carbocycles. The van der Waals surface area contributed by atoms with Crippen LogP contribution in [0.2, 0.25) is 0 Å². The maximum absolute atomic E-state index is 11.3. The van der Waals surface area contributed by atoms with Crippen LogP contribution in [0.3, 0.4) is 0 Å². The lowest BCUT2D eigenvalue weighted by Crippen LogP contribution is -2.57. The van der Waals surface area contributed by atoms with Crippen molar-refractivity contribution in [3.8, 4) is 5.75 Å². The van der Waals surface area contributed by atoms with Crippen molar-refractivity contribution in [1.29, 1.82) is 0 Å². The normalized spacial score (nSPS) is 14.8. The van der Waals surface area contributed by atoms with Gasteiger partial charge >= 0.3 is 5.69 Å². The van der Waals surface area contributed by atoms with Crippen LogP contribution >= 0.6 is 0 Å². The lowest BCUT2D eigenvalue weighted by molar-refractivity contribution is -0.385. The summed E-state index contributed by atoms with van der Waals surface area (Å²) in [5.41, 5.74) is 0.711. The molecule has 0 saturated carbocycles.